The molecule has 0 aliphatic heterocycles. The van der Waals surface area contributed by atoms with Gasteiger partial charge in [-0.05, 0) is 35.5 Å². The molecule has 0 amide bonds. The Morgan fingerprint density at radius 3 is 2.41 bits per heavy atom. The fraction of sp³-hybridized carbons (Fsp3) is 0.0870. The zero-order valence-corrected chi connectivity index (χ0v) is 16.5. The monoisotopic (exact) mass is 400 g/mol. The first-order chi connectivity index (χ1) is 14.3. The van der Waals surface area contributed by atoms with Gasteiger partial charge in [-0.25, -0.2) is 0 Å². The maximum atomic E-state index is 5.89. The highest BCUT2D eigenvalue weighted by molar-refractivity contribution is 7.71. The molecule has 29 heavy (non-hydrogen) atoms. The number of aromatic nitrogens is 3. The van der Waals surface area contributed by atoms with Gasteiger partial charge in [0.05, 0.1) is 6.21 Å². The van der Waals surface area contributed by atoms with E-state index in [4.69, 9.17) is 17.0 Å². The minimum atomic E-state index is 0.458. The van der Waals surface area contributed by atoms with Gasteiger partial charge in [0, 0.05) is 12.0 Å². The summed E-state index contributed by atoms with van der Waals surface area (Å²) in [6, 6.07) is 27.9. The van der Waals surface area contributed by atoms with Crippen molar-refractivity contribution >= 4 is 18.4 Å². The summed E-state index contributed by atoms with van der Waals surface area (Å²) < 4.78 is 8.02. The van der Waals surface area contributed by atoms with Gasteiger partial charge in [-0.15, -0.1) is 0 Å². The lowest BCUT2D eigenvalue weighted by Gasteiger charge is -2.08. The molecule has 0 atom stereocenters. The molecule has 5 nitrogen and oxygen atoms in total. The summed E-state index contributed by atoms with van der Waals surface area (Å²) in [6.07, 6.45) is 2.44. The number of para-hydroxylation sites is 1. The zero-order chi connectivity index (χ0) is 19.9. The average molecular weight is 401 g/mol. The quantitative estimate of drug-likeness (QED) is 0.351. The lowest BCUT2D eigenvalue weighted by molar-refractivity contribution is 0.306. The predicted molar refractivity (Wildman–Crippen MR) is 117 cm³/mol. The lowest BCUT2D eigenvalue weighted by Crippen LogP contribution is -2.03. The standard InChI is InChI=1S/C23H20N4OS/c29-23-26-25-22(15-18-9-3-1-4-10-18)27(23)24-16-19-11-7-8-12-20(19)17-28-21-13-5-2-6-14-21/h1-14,16H,15,17H2,(H,26,29)/b24-16-. The summed E-state index contributed by atoms with van der Waals surface area (Å²) in [6.45, 7) is 0.458. The van der Waals surface area contributed by atoms with Gasteiger partial charge in [-0.2, -0.15) is 14.9 Å². The van der Waals surface area contributed by atoms with E-state index in [1.54, 1.807) is 10.9 Å². The maximum absolute atomic E-state index is 5.89. The van der Waals surface area contributed by atoms with Crippen LogP contribution in [0.15, 0.2) is 90.0 Å². The van der Waals surface area contributed by atoms with E-state index in [0.717, 1.165) is 28.3 Å². The Morgan fingerprint density at radius 1 is 0.931 bits per heavy atom. The van der Waals surface area contributed by atoms with E-state index in [2.05, 4.69) is 27.4 Å². The van der Waals surface area contributed by atoms with E-state index in [0.29, 0.717) is 17.8 Å². The van der Waals surface area contributed by atoms with Gasteiger partial charge in [0.25, 0.3) is 0 Å². The predicted octanol–water partition coefficient (Wildman–Crippen LogP) is 4.99. The summed E-state index contributed by atoms with van der Waals surface area (Å²) >= 11 is 5.36. The fourth-order valence-corrected chi connectivity index (χ4v) is 3.12. The number of nitrogens with one attached hydrogen (secondary N) is 1. The first-order valence-electron chi connectivity index (χ1n) is 9.30. The summed E-state index contributed by atoms with van der Waals surface area (Å²) in [7, 11) is 0. The van der Waals surface area contributed by atoms with Crippen LogP contribution in [-0.2, 0) is 13.0 Å². The Kier molecular flexibility index (Phi) is 5.92. The molecular formula is C23H20N4OS. The molecule has 0 spiro atoms. The second kappa shape index (κ2) is 9.12. The van der Waals surface area contributed by atoms with Gasteiger partial charge in [-0.1, -0.05) is 72.8 Å². The van der Waals surface area contributed by atoms with E-state index < -0.39 is 0 Å². The van der Waals surface area contributed by atoms with Crippen LogP contribution in [0.2, 0.25) is 0 Å². The van der Waals surface area contributed by atoms with Gasteiger partial charge < -0.3 is 4.74 Å². The molecule has 144 valence electrons. The third-order valence-corrected chi connectivity index (χ3v) is 4.69. The molecule has 1 N–H and O–H groups in total. The molecule has 0 radical (unpaired) electrons. The number of hydrogen-bond donors (Lipinski definition) is 1. The number of ether oxygens (including phenoxy) is 1. The molecule has 4 rings (SSSR count). The highest BCUT2D eigenvalue weighted by Gasteiger charge is 2.07. The molecule has 4 aromatic rings. The van der Waals surface area contributed by atoms with E-state index in [9.17, 15) is 0 Å². The molecule has 0 saturated carbocycles. The molecule has 0 fully saturated rings. The minimum Gasteiger partial charge on any atom is -0.489 e. The third-order valence-electron chi connectivity index (χ3n) is 4.43. The molecule has 0 aliphatic carbocycles. The highest BCUT2D eigenvalue weighted by atomic mass is 32.1. The van der Waals surface area contributed by atoms with Crippen molar-refractivity contribution in [2.24, 2.45) is 5.10 Å². The number of aromatic amines is 1. The average Bonchev–Trinajstić information content (AvgIpc) is 3.12. The van der Waals surface area contributed by atoms with Crippen LogP contribution in [0.5, 0.6) is 5.75 Å². The minimum absolute atomic E-state index is 0.458. The number of nitrogens with zero attached hydrogens (tertiary/aromatic N) is 3. The molecule has 0 saturated heterocycles. The van der Waals surface area contributed by atoms with Crippen molar-refractivity contribution in [2.75, 3.05) is 0 Å². The van der Waals surface area contributed by atoms with Crippen LogP contribution in [-0.4, -0.2) is 21.1 Å². The van der Waals surface area contributed by atoms with E-state index in [-0.39, 0.29) is 0 Å². The second-order valence-electron chi connectivity index (χ2n) is 6.46. The van der Waals surface area contributed by atoms with Crippen molar-refractivity contribution in [3.8, 4) is 5.75 Å². The summed E-state index contributed by atoms with van der Waals surface area (Å²) in [5, 5.41) is 11.7. The van der Waals surface area contributed by atoms with Crippen molar-refractivity contribution in [3.63, 3.8) is 0 Å². The molecule has 3 aromatic carbocycles. The number of hydrogen-bond acceptors (Lipinski definition) is 4. The largest absolute Gasteiger partial charge is 0.489 e. The molecule has 1 aromatic heterocycles. The molecular weight excluding hydrogens is 380 g/mol. The zero-order valence-electron chi connectivity index (χ0n) is 15.7. The van der Waals surface area contributed by atoms with E-state index >= 15 is 0 Å². The molecule has 0 aliphatic rings. The summed E-state index contributed by atoms with van der Waals surface area (Å²) in [5.41, 5.74) is 3.16. The van der Waals surface area contributed by atoms with Gasteiger partial charge in [0.15, 0.2) is 5.82 Å². The lowest BCUT2D eigenvalue weighted by atomic mass is 10.1. The van der Waals surface area contributed by atoms with Gasteiger partial charge in [-0.3, -0.25) is 5.10 Å². The number of benzene rings is 3. The normalized spacial score (nSPS) is 11.0. The topological polar surface area (TPSA) is 55.2 Å². The van der Waals surface area contributed by atoms with Crippen LogP contribution < -0.4 is 4.74 Å². The van der Waals surface area contributed by atoms with Crippen LogP contribution in [0.4, 0.5) is 0 Å². The molecule has 1 heterocycles. The van der Waals surface area contributed by atoms with Crippen LogP contribution in [0.3, 0.4) is 0 Å². The van der Waals surface area contributed by atoms with Crippen molar-refractivity contribution in [1.82, 2.24) is 14.9 Å². The van der Waals surface area contributed by atoms with Crippen LogP contribution in [0.25, 0.3) is 0 Å². The highest BCUT2D eigenvalue weighted by Crippen LogP contribution is 2.14. The van der Waals surface area contributed by atoms with Gasteiger partial charge in [0.2, 0.25) is 4.77 Å². The van der Waals surface area contributed by atoms with Gasteiger partial charge >= 0.3 is 0 Å². The Morgan fingerprint density at radius 2 is 1.62 bits per heavy atom. The smallest absolute Gasteiger partial charge is 0.216 e. The first-order valence-corrected chi connectivity index (χ1v) is 9.71. The number of H-pyrrole nitrogens is 1. The van der Waals surface area contributed by atoms with Crippen molar-refractivity contribution in [3.05, 3.63) is 112 Å². The number of rotatable bonds is 7. The Balaban J connectivity index is 1.54. The summed E-state index contributed by atoms with van der Waals surface area (Å²) in [5.74, 6) is 1.59. The fourth-order valence-electron chi connectivity index (χ4n) is 2.93. The third kappa shape index (κ3) is 4.86. The van der Waals surface area contributed by atoms with Crippen molar-refractivity contribution < 1.29 is 4.74 Å². The van der Waals surface area contributed by atoms with Crippen LogP contribution in [0, 0.1) is 4.77 Å². The first kappa shape index (κ1) is 18.8. The van der Waals surface area contributed by atoms with Gasteiger partial charge in [0.1, 0.15) is 12.4 Å². The van der Waals surface area contributed by atoms with Crippen molar-refractivity contribution in [2.45, 2.75) is 13.0 Å². The molecule has 6 heteroatoms. The van der Waals surface area contributed by atoms with E-state index in [1.807, 2.05) is 72.8 Å². The molecule has 0 bridgehead atoms. The van der Waals surface area contributed by atoms with Crippen LogP contribution >= 0.6 is 12.2 Å². The maximum Gasteiger partial charge on any atom is 0.216 e. The Bertz CT molecular complexity index is 1150. The van der Waals surface area contributed by atoms with Crippen molar-refractivity contribution in [1.29, 1.82) is 0 Å². The Labute approximate surface area is 174 Å². The van der Waals surface area contributed by atoms with Crippen LogP contribution in [0.1, 0.15) is 22.5 Å². The second-order valence-corrected chi connectivity index (χ2v) is 6.85. The summed E-state index contributed by atoms with van der Waals surface area (Å²) in [4.78, 5) is 0. The Hall–Kier alpha value is -3.51. The van der Waals surface area contributed by atoms with E-state index in [1.165, 1.54) is 0 Å². The molecule has 0 unspecified atom stereocenters. The SMILES string of the molecule is S=c1[nH]nc(Cc2ccccc2)n1/N=C\c1ccccc1COc1ccccc1.